The number of benzene rings is 2. The Labute approximate surface area is 260 Å². The van der Waals surface area contributed by atoms with Crippen molar-refractivity contribution in [3.8, 4) is 10.4 Å². The normalized spacial score (nSPS) is 13.3. The monoisotopic (exact) mass is 648 g/mol. The van der Waals surface area contributed by atoms with Gasteiger partial charge in [-0.3, -0.25) is 5.32 Å². The first-order valence-electron chi connectivity index (χ1n) is 13.8. The minimum Gasteiger partial charge on any atom is -0.447 e. The van der Waals surface area contributed by atoms with Gasteiger partial charge in [0, 0.05) is 30.7 Å². The number of pyridine rings is 1. The Kier molecular flexibility index (Phi) is 10.3. The molecule has 2 amide bonds. The van der Waals surface area contributed by atoms with Crippen molar-refractivity contribution in [3.05, 3.63) is 77.5 Å². The van der Waals surface area contributed by atoms with Crippen molar-refractivity contribution in [3.63, 3.8) is 0 Å². The number of carbonyl (C=O) groups is 2. The largest absolute Gasteiger partial charge is 0.447 e. The van der Waals surface area contributed by atoms with E-state index in [-0.39, 0.29) is 18.3 Å². The first-order valence-corrected chi connectivity index (χ1v) is 14.6. The maximum Gasteiger partial charge on any atom is 0.416 e. The molecule has 0 unspecified atom stereocenters. The van der Waals surface area contributed by atoms with Crippen molar-refractivity contribution < 1.29 is 41.4 Å². The molecule has 2 aromatic heterocycles. The van der Waals surface area contributed by atoms with Crippen LogP contribution >= 0.6 is 11.3 Å². The van der Waals surface area contributed by atoms with Crippen molar-refractivity contribution in [1.29, 1.82) is 0 Å². The summed E-state index contributed by atoms with van der Waals surface area (Å²) in [6.45, 7) is 6.52. The quantitative estimate of drug-likeness (QED) is 0.140. The summed E-state index contributed by atoms with van der Waals surface area (Å²) in [6, 6.07) is 10.4. The lowest BCUT2D eigenvalue weighted by Gasteiger charge is -2.27. The van der Waals surface area contributed by atoms with Gasteiger partial charge in [-0.2, -0.15) is 17.6 Å². The van der Waals surface area contributed by atoms with Crippen LogP contribution in [-0.4, -0.2) is 47.5 Å². The van der Waals surface area contributed by atoms with Crippen LogP contribution in [0.5, 0.6) is 0 Å². The Morgan fingerprint density at radius 1 is 1.00 bits per heavy atom. The number of rotatable bonds is 9. The van der Waals surface area contributed by atoms with Crippen molar-refractivity contribution >= 4 is 39.4 Å². The molecule has 0 aliphatic carbocycles. The van der Waals surface area contributed by atoms with Gasteiger partial charge in [0.1, 0.15) is 12.2 Å². The van der Waals surface area contributed by atoms with E-state index in [4.69, 9.17) is 14.2 Å². The van der Waals surface area contributed by atoms with Gasteiger partial charge < -0.3 is 19.5 Å². The number of fused-ring (bicyclic) bond motifs is 1. The summed E-state index contributed by atoms with van der Waals surface area (Å²) in [5.74, 6) is -1.18. The SMILES string of the molecule is COCc1nc(NC(=O)OC[C@@H](NC(=O)OC(C)(C)C)[C@@H](C)c2ccc(C(F)(F)F)cc2)sc1-c1ccc2cnc(F)cc2c1. The lowest BCUT2D eigenvalue weighted by atomic mass is 9.93. The molecule has 4 rings (SSSR count). The topological polar surface area (TPSA) is 112 Å². The van der Waals surface area contributed by atoms with Gasteiger partial charge in [0.25, 0.3) is 0 Å². The lowest BCUT2D eigenvalue weighted by Crippen LogP contribution is -2.44. The van der Waals surface area contributed by atoms with E-state index >= 15 is 0 Å². The minimum absolute atomic E-state index is 0.137. The van der Waals surface area contributed by atoms with E-state index in [0.717, 1.165) is 34.4 Å². The summed E-state index contributed by atoms with van der Waals surface area (Å²) >= 11 is 1.16. The standard InChI is InChI=1S/C31H32F4N4O5S/c1-17(18-8-10-22(11-9-18)31(33,34)35)23(38-29(41)44-30(2,3)4)16-43-28(40)39-27-37-24(15-42-5)26(45-27)19-6-7-20-14-36-25(32)13-21(20)12-19/h6-14,17,23H,15-16H2,1-5H3,(H,38,41)(H,37,39,40)/t17-,23+/m0/s1. The molecule has 0 aliphatic rings. The zero-order chi connectivity index (χ0) is 32.9. The van der Waals surface area contributed by atoms with E-state index < -0.39 is 47.4 Å². The number of aromatic nitrogens is 2. The third-order valence-corrected chi connectivity index (χ3v) is 7.66. The molecule has 240 valence electrons. The molecule has 2 aromatic carbocycles. The molecule has 0 aliphatic heterocycles. The number of alkyl halides is 3. The van der Waals surface area contributed by atoms with Gasteiger partial charge in [-0.15, -0.1) is 0 Å². The molecule has 0 saturated heterocycles. The highest BCUT2D eigenvalue weighted by atomic mass is 32.1. The smallest absolute Gasteiger partial charge is 0.416 e. The van der Waals surface area contributed by atoms with Crippen molar-refractivity contribution in [2.75, 3.05) is 19.0 Å². The number of nitrogens with zero attached hydrogens (tertiary/aromatic N) is 2. The summed E-state index contributed by atoms with van der Waals surface area (Å²) in [4.78, 5) is 34.2. The van der Waals surface area contributed by atoms with E-state index in [1.54, 1.807) is 39.8 Å². The number of hydrogen-bond donors (Lipinski definition) is 2. The number of carbonyl (C=O) groups excluding carboxylic acids is 2. The van der Waals surface area contributed by atoms with Gasteiger partial charge in [-0.05, 0) is 55.5 Å². The molecular weight excluding hydrogens is 616 g/mol. The number of thiazole rings is 1. The van der Waals surface area contributed by atoms with Crippen molar-refractivity contribution in [2.24, 2.45) is 0 Å². The fraction of sp³-hybridized carbons (Fsp3) is 0.355. The molecule has 0 bridgehead atoms. The molecule has 4 aromatic rings. The minimum atomic E-state index is -4.50. The Morgan fingerprint density at radius 2 is 1.71 bits per heavy atom. The Bertz CT molecular complexity index is 1650. The molecule has 0 saturated carbocycles. The molecule has 45 heavy (non-hydrogen) atoms. The summed E-state index contributed by atoms with van der Waals surface area (Å²) < 4.78 is 69.0. The second-order valence-corrected chi connectivity index (χ2v) is 12.2. The highest BCUT2D eigenvalue weighted by molar-refractivity contribution is 7.19. The number of ether oxygens (including phenoxy) is 3. The van der Waals surface area contributed by atoms with E-state index in [1.807, 2.05) is 6.07 Å². The predicted octanol–water partition coefficient (Wildman–Crippen LogP) is 7.91. The van der Waals surface area contributed by atoms with Crippen LogP contribution in [0.2, 0.25) is 0 Å². The third-order valence-electron chi connectivity index (χ3n) is 6.60. The number of hydrogen-bond acceptors (Lipinski definition) is 8. The van der Waals surface area contributed by atoms with E-state index in [2.05, 4.69) is 20.6 Å². The van der Waals surface area contributed by atoms with Gasteiger partial charge in [-0.1, -0.05) is 42.5 Å². The van der Waals surface area contributed by atoms with Crippen LogP contribution < -0.4 is 10.6 Å². The highest BCUT2D eigenvalue weighted by Crippen LogP contribution is 2.35. The van der Waals surface area contributed by atoms with Crippen LogP contribution in [0.15, 0.2) is 54.7 Å². The Morgan fingerprint density at radius 3 is 2.36 bits per heavy atom. The molecular formula is C31H32F4N4O5S. The molecule has 14 heteroatoms. The van der Waals surface area contributed by atoms with E-state index in [9.17, 15) is 27.2 Å². The summed E-state index contributed by atoms with van der Waals surface area (Å²) in [6.07, 6.45) is -4.72. The van der Waals surface area contributed by atoms with Crippen LogP contribution in [0, 0.1) is 5.95 Å². The second kappa shape index (κ2) is 13.8. The van der Waals surface area contributed by atoms with Crippen molar-refractivity contribution in [2.45, 2.75) is 58.0 Å². The van der Waals surface area contributed by atoms with E-state index in [0.29, 0.717) is 21.5 Å². The summed E-state index contributed by atoms with van der Waals surface area (Å²) in [5, 5.41) is 6.83. The summed E-state index contributed by atoms with van der Waals surface area (Å²) in [5.41, 5.74) is 0.114. The molecule has 0 fully saturated rings. The zero-order valence-corrected chi connectivity index (χ0v) is 25.9. The number of amides is 2. The van der Waals surface area contributed by atoms with Crippen molar-refractivity contribution in [1.82, 2.24) is 15.3 Å². The number of nitrogens with one attached hydrogen (secondary N) is 2. The molecule has 0 spiro atoms. The zero-order valence-electron chi connectivity index (χ0n) is 25.1. The van der Waals surface area contributed by atoms with Crippen LogP contribution in [-0.2, 0) is 27.0 Å². The van der Waals surface area contributed by atoms with Gasteiger partial charge >= 0.3 is 18.4 Å². The van der Waals surface area contributed by atoms with Gasteiger partial charge in [0.2, 0.25) is 5.95 Å². The van der Waals surface area contributed by atoms with Crippen LogP contribution in [0.25, 0.3) is 21.2 Å². The van der Waals surface area contributed by atoms with Crippen LogP contribution in [0.3, 0.4) is 0 Å². The number of alkyl carbamates (subject to hydrolysis) is 1. The predicted molar refractivity (Wildman–Crippen MR) is 162 cm³/mol. The number of methoxy groups -OCH3 is 1. The van der Waals surface area contributed by atoms with E-state index in [1.165, 1.54) is 31.5 Å². The molecule has 2 atom stereocenters. The highest BCUT2D eigenvalue weighted by Gasteiger charge is 2.31. The third kappa shape index (κ3) is 9.11. The second-order valence-electron chi connectivity index (χ2n) is 11.2. The first kappa shape index (κ1) is 33.6. The van der Waals surface area contributed by atoms with Crippen LogP contribution in [0.1, 0.15) is 50.4 Å². The van der Waals surface area contributed by atoms with Gasteiger partial charge in [0.15, 0.2) is 5.13 Å². The lowest BCUT2D eigenvalue weighted by molar-refractivity contribution is -0.137. The summed E-state index contributed by atoms with van der Waals surface area (Å²) in [7, 11) is 1.50. The maximum atomic E-state index is 13.7. The van der Waals surface area contributed by atoms with Gasteiger partial charge in [0.05, 0.1) is 28.8 Å². The molecule has 0 radical (unpaired) electrons. The molecule has 2 N–H and O–H groups in total. The average molecular weight is 649 g/mol. The van der Waals surface area contributed by atoms with Gasteiger partial charge in [-0.25, -0.2) is 19.6 Å². The molecule has 2 heterocycles. The number of anilines is 1. The Balaban J connectivity index is 1.50. The van der Waals surface area contributed by atoms with Crippen LogP contribution in [0.4, 0.5) is 32.3 Å². The fourth-order valence-corrected chi connectivity index (χ4v) is 5.34. The Hall–Kier alpha value is -4.30. The first-order chi connectivity index (χ1) is 21.1. The average Bonchev–Trinajstić information content (AvgIpc) is 3.35. The number of halogens is 4. The molecule has 9 nitrogen and oxygen atoms in total. The maximum absolute atomic E-state index is 13.7. The fourth-order valence-electron chi connectivity index (χ4n) is 4.39.